The van der Waals surface area contributed by atoms with E-state index in [0.717, 1.165) is 12.8 Å². The molecule has 1 rings (SSSR count). The maximum Gasteiger partial charge on any atom is 0.321 e. The van der Waals surface area contributed by atoms with E-state index in [-0.39, 0.29) is 11.9 Å². The molecule has 1 N–H and O–H groups in total. The molecule has 1 amide bonds. The fourth-order valence-electron chi connectivity index (χ4n) is 1.71. The monoisotopic (exact) mass is 213 g/mol. The minimum atomic E-state index is -0.891. The Morgan fingerprint density at radius 3 is 2.40 bits per heavy atom. The first-order chi connectivity index (χ1) is 7.06. The summed E-state index contributed by atoms with van der Waals surface area (Å²) in [6.45, 7) is 3.93. The van der Waals surface area contributed by atoms with Crippen molar-refractivity contribution in [3.8, 4) is 0 Å². The fourth-order valence-corrected chi connectivity index (χ4v) is 1.71. The van der Waals surface area contributed by atoms with Crippen LogP contribution in [0.5, 0.6) is 0 Å². The van der Waals surface area contributed by atoms with E-state index in [2.05, 4.69) is 5.32 Å². The molecular weight excluding hydrogens is 194 g/mol. The van der Waals surface area contributed by atoms with E-state index in [1.54, 1.807) is 0 Å². The van der Waals surface area contributed by atoms with Gasteiger partial charge < -0.3 is 10.1 Å². The number of rotatable bonds is 4. The maximum atomic E-state index is 11.9. The number of esters is 1. The van der Waals surface area contributed by atoms with E-state index in [0.29, 0.717) is 12.8 Å². The average Bonchev–Trinajstić information content (AvgIpc) is 2.15. The predicted molar refractivity (Wildman–Crippen MR) is 56.2 cm³/mol. The number of amides is 1. The third-order valence-corrected chi connectivity index (χ3v) is 3.21. The van der Waals surface area contributed by atoms with Crippen LogP contribution in [0.1, 0.15) is 39.5 Å². The van der Waals surface area contributed by atoms with E-state index >= 15 is 0 Å². The molecule has 1 aliphatic rings. The zero-order valence-corrected chi connectivity index (χ0v) is 9.63. The minimum absolute atomic E-state index is 0.111. The van der Waals surface area contributed by atoms with E-state index in [1.165, 1.54) is 7.11 Å². The van der Waals surface area contributed by atoms with Gasteiger partial charge in [0, 0.05) is 6.04 Å². The maximum absolute atomic E-state index is 11.9. The molecule has 4 nitrogen and oxygen atoms in total. The third kappa shape index (κ3) is 2.13. The second-order valence-electron chi connectivity index (χ2n) is 4.21. The zero-order chi connectivity index (χ0) is 11.5. The zero-order valence-electron chi connectivity index (χ0n) is 9.63. The van der Waals surface area contributed by atoms with Gasteiger partial charge in [0.05, 0.1) is 7.11 Å². The van der Waals surface area contributed by atoms with Gasteiger partial charge in [0.25, 0.3) is 0 Å². The first kappa shape index (κ1) is 12.0. The van der Waals surface area contributed by atoms with Crippen LogP contribution in [0.3, 0.4) is 0 Å². The molecule has 0 aromatic carbocycles. The number of hydrogen-bond donors (Lipinski definition) is 1. The summed E-state index contributed by atoms with van der Waals surface area (Å²) in [6.07, 6.45) is 3.01. The minimum Gasteiger partial charge on any atom is -0.468 e. The van der Waals surface area contributed by atoms with E-state index < -0.39 is 11.4 Å². The summed E-state index contributed by atoms with van der Waals surface area (Å²) in [7, 11) is 1.33. The summed E-state index contributed by atoms with van der Waals surface area (Å²) in [5.74, 6) is -0.565. The van der Waals surface area contributed by atoms with Crippen LogP contribution < -0.4 is 5.32 Å². The van der Waals surface area contributed by atoms with Crippen molar-refractivity contribution < 1.29 is 14.3 Å². The molecular formula is C11H19NO3. The lowest BCUT2D eigenvalue weighted by molar-refractivity contribution is -0.165. The highest BCUT2D eigenvalue weighted by molar-refractivity contribution is 6.03. The van der Waals surface area contributed by atoms with Crippen molar-refractivity contribution in [2.24, 2.45) is 5.41 Å². The van der Waals surface area contributed by atoms with Gasteiger partial charge in [-0.1, -0.05) is 13.3 Å². The SMILES string of the molecule is CCC(C)NC(=O)C1(C(=O)OC)CCC1. The van der Waals surface area contributed by atoms with Gasteiger partial charge in [0.1, 0.15) is 5.41 Å². The van der Waals surface area contributed by atoms with E-state index in [9.17, 15) is 9.59 Å². The van der Waals surface area contributed by atoms with Crippen LogP contribution in [0.15, 0.2) is 0 Å². The van der Waals surface area contributed by atoms with Crippen LogP contribution in [0, 0.1) is 5.41 Å². The van der Waals surface area contributed by atoms with Crippen molar-refractivity contribution in [1.82, 2.24) is 5.32 Å². The standard InChI is InChI=1S/C11H19NO3/c1-4-8(2)12-9(13)11(6-5-7-11)10(14)15-3/h8H,4-7H2,1-3H3,(H,12,13). The predicted octanol–water partition coefficient (Wildman–Crippen LogP) is 1.24. The second kappa shape index (κ2) is 4.64. The Kier molecular flexibility index (Phi) is 3.72. The van der Waals surface area contributed by atoms with Crippen LogP contribution in [-0.4, -0.2) is 25.0 Å². The highest BCUT2D eigenvalue weighted by Gasteiger charge is 2.52. The normalized spacial score (nSPS) is 19.9. The highest BCUT2D eigenvalue weighted by Crippen LogP contribution is 2.42. The number of hydrogen-bond acceptors (Lipinski definition) is 3. The van der Waals surface area contributed by atoms with Crippen molar-refractivity contribution in [3.63, 3.8) is 0 Å². The van der Waals surface area contributed by atoms with Gasteiger partial charge in [0.2, 0.25) is 5.91 Å². The number of nitrogens with one attached hydrogen (secondary N) is 1. The van der Waals surface area contributed by atoms with Gasteiger partial charge in [-0.15, -0.1) is 0 Å². The molecule has 0 spiro atoms. The average molecular weight is 213 g/mol. The Bertz CT molecular complexity index is 259. The molecule has 0 bridgehead atoms. The van der Waals surface area contributed by atoms with Crippen LogP contribution in [0.4, 0.5) is 0 Å². The Morgan fingerprint density at radius 2 is 2.07 bits per heavy atom. The lowest BCUT2D eigenvalue weighted by Crippen LogP contribution is -2.53. The van der Waals surface area contributed by atoms with Crippen LogP contribution >= 0.6 is 0 Å². The molecule has 1 unspecified atom stereocenters. The molecule has 1 atom stereocenters. The molecule has 0 aromatic heterocycles. The summed E-state index contributed by atoms with van der Waals surface area (Å²) in [6, 6.07) is 0.111. The molecule has 1 saturated carbocycles. The van der Waals surface area contributed by atoms with Crippen LogP contribution in [0.2, 0.25) is 0 Å². The summed E-state index contributed by atoms with van der Waals surface area (Å²) >= 11 is 0. The molecule has 0 aromatic rings. The van der Waals surface area contributed by atoms with Gasteiger partial charge >= 0.3 is 5.97 Å². The topological polar surface area (TPSA) is 55.4 Å². The van der Waals surface area contributed by atoms with Crippen molar-refractivity contribution in [2.45, 2.75) is 45.6 Å². The van der Waals surface area contributed by atoms with Crippen molar-refractivity contribution in [1.29, 1.82) is 0 Å². The smallest absolute Gasteiger partial charge is 0.321 e. The number of carbonyl (C=O) groups excluding carboxylic acids is 2. The Hall–Kier alpha value is -1.06. The lowest BCUT2D eigenvalue weighted by atomic mass is 9.68. The Labute approximate surface area is 90.4 Å². The van der Waals surface area contributed by atoms with Crippen LogP contribution in [0.25, 0.3) is 0 Å². The Balaban J connectivity index is 2.66. The summed E-state index contributed by atoms with van der Waals surface area (Å²) in [5.41, 5.74) is -0.891. The summed E-state index contributed by atoms with van der Waals surface area (Å²) < 4.78 is 4.69. The first-order valence-corrected chi connectivity index (χ1v) is 5.46. The van der Waals surface area contributed by atoms with Crippen molar-refractivity contribution in [3.05, 3.63) is 0 Å². The van der Waals surface area contributed by atoms with Crippen molar-refractivity contribution >= 4 is 11.9 Å². The molecule has 0 heterocycles. The Morgan fingerprint density at radius 1 is 1.47 bits per heavy atom. The summed E-state index contributed by atoms with van der Waals surface area (Å²) in [5, 5.41) is 2.85. The molecule has 0 radical (unpaired) electrons. The lowest BCUT2D eigenvalue weighted by Gasteiger charge is -2.37. The third-order valence-electron chi connectivity index (χ3n) is 3.21. The van der Waals surface area contributed by atoms with Gasteiger partial charge in [-0.2, -0.15) is 0 Å². The molecule has 0 aliphatic heterocycles. The van der Waals surface area contributed by atoms with Gasteiger partial charge in [-0.05, 0) is 26.2 Å². The molecule has 0 saturated heterocycles. The van der Waals surface area contributed by atoms with Crippen LogP contribution in [-0.2, 0) is 14.3 Å². The quantitative estimate of drug-likeness (QED) is 0.564. The number of carbonyl (C=O) groups is 2. The van der Waals surface area contributed by atoms with Gasteiger partial charge in [-0.25, -0.2) is 0 Å². The van der Waals surface area contributed by atoms with Gasteiger partial charge in [0.15, 0.2) is 0 Å². The molecule has 1 fully saturated rings. The summed E-state index contributed by atoms with van der Waals surface area (Å²) in [4.78, 5) is 23.4. The first-order valence-electron chi connectivity index (χ1n) is 5.46. The number of ether oxygens (including phenoxy) is 1. The molecule has 15 heavy (non-hydrogen) atoms. The molecule has 4 heteroatoms. The molecule has 86 valence electrons. The van der Waals surface area contributed by atoms with E-state index in [4.69, 9.17) is 4.74 Å². The number of methoxy groups -OCH3 is 1. The molecule has 1 aliphatic carbocycles. The van der Waals surface area contributed by atoms with Crippen molar-refractivity contribution in [2.75, 3.05) is 7.11 Å². The second-order valence-corrected chi connectivity index (χ2v) is 4.21. The van der Waals surface area contributed by atoms with Gasteiger partial charge in [-0.3, -0.25) is 9.59 Å². The largest absolute Gasteiger partial charge is 0.468 e. The fraction of sp³-hybridized carbons (Fsp3) is 0.818. The van der Waals surface area contributed by atoms with E-state index in [1.807, 2.05) is 13.8 Å². The highest BCUT2D eigenvalue weighted by atomic mass is 16.5.